The molecule has 3 heterocycles. The number of rotatable bonds is 10. The molecule has 1 unspecified atom stereocenters. The highest BCUT2D eigenvalue weighted by atomic mass is 16.5. The Morgan fingerprint density at radius 3 is 2.78 bits per heavy atom. The predicted molar refractivity (Wildman–Crippen MR) is 123 cm³/mol. The topological polar surface area (TPSA) is 72.0 Å². The van der Waals surface area contributed by atoms with Crippen LogP contribution in [0.4, 0.5) is 0 Å². The van der Waals surface area contributed by atoms with E-state index in [2.05, 4.69) is 29.0 Å². The van der Waals surface area contributed by atoms with Crippen LogP contribution < -0.4 is 10.1 Å². The summed E-state index contributed by atoms with van der Waals surface area (Å²) in [6, 6.07) is 16.9. The molecule has 0 spiro atoms. The number of nitrogens with one attached hydrogen (secondary N) is 1. The van der Waals surface area contributed by atoms with Crippen molar-refractivity contribution in [2.45, 2.75) is 26.5 Å². The third-order valence-corrected chi connectivity index (χ3v) is 5.48. The minimum atomic E-state index is -0.146. The van der Waals surface area contributed by atoms with E-state index in [9.17, 15) is 4.79 Å². The first-order valence-electron chi connectivity index (χ1n) is 10.9. The van der Waals surface area contributed by atoms with Gasteiger partial charge in [0.1, 0.15) is 23.8 Å². The van der Waals surface area contributed by atoms with Crippen LogP contribution in [0, 0.1) is 0 Å². The van der Waals surface area contributed by atoms with Crippen LogP contribution in [-0.4, -0.2) is 39.8 Å². The second-order valence-corrected chi connectivity index (χ2v) is 7.48. The molecule has 7 nitrogen and oxygen atoms in total. The van der Waals surface area contributed by atoms with Gasteiger partial charge >= 0.3 is 0 Å². The maximum atomic E-state index is 12.8. The number of ether oxygens (including phenoxy) is 1. The van der Waals surface area contributed by atoms with E-state index in [1.165, 1.54) is 0 Å². The van der Waals surface area contributed by atoms with Gasteiger partial charge in [-0.15, -0.1) is 0 Å². The van der Waals surface area contributed by atoms with Gasteiger partial charge in [-0.3, -0.25) is 9.69 Å². The largest absolute Gasteiger partial charge is 0.487 e. The second-order valence-electron chi connectivity index (χ2n) is 7.48. The van der Waals surface area contributed by atoms with Gasteiger partial charge in [0.25, 0.3) is 5.91 Å². The number of likely N-dealkylation sites (N-methyl/N-ethyl adjacent to an activating group) is 1. The molecule has 1 atom stereocenters. The third-order valence-electron chi connectivity index (χ3n) is 5.48. The molecule has 1 N–H and O–H groups in total. The van der Waals surface area contributed by atoms with Gasteiger partial charge in [0.15, 0.2) is 0 Å². The maximum Gasteiger partial charge on any atom is 0.251 e. The molecule has 0 bridgehead atoms. The van der Waals surface area contributed by atoms with Gasteiger partial charge in [0, 0.05) is 24.5 Å². The lowest BCUT2D eigenvalue weighted by atomic mass is 10.1. The van der Waals surface area contributed by atoms with E-state index in [1.807, 2.05) is 59.3 Å². The zero-order chi connectivity index (χ0) is 22.3. The van der Waals surface area contributed by atoms with Crippen LogP contribution in [0.2, 0.25) is 0 Å². The summed E-state index contributed by atoms with van der Waals surface area (Å²) < 4.78 is 13.5. The minimum absolute atomic E-state index is 0.0153. The number of nitrogens with zero attached hydrogens (tertiary/aromatic N) is 3. The van der Waals surface area contributed by atoms with E-state index in [0.717, 1.165) is 30.2 Å². The van der Waals surface area contributed by atoms with Crippen molar-refractivity contribution >= 4 is 11.6 Å². The number of fused-ring (bicyclic) bond motifs is 1. The van der Waals surface area contributed by atoms with E-state index in [1.54, 1.807) is 18.4 Å². The molecule has 32 heavy (non-hydrogen) atoms. The van der Waals surface area contributed by atoms with Crippen molar-refractivity contribution in [1.29, 1.82) is 0 Å². The Hall–Kier alpha value is -3.58. The summed E-state index contributed by atoms with van der Waals surface area (Å²) in [6.07, 6.45) is 5.55. The first-order chi connectivity index (χ1) is 15.7. The summed E-state index contributed by atoms with van der Waals surface area (Å²) in [5, 5.41) is 3.04. The molecule has 3 aromatic heterocycles. The van der Waals surface area contributed by atoms with Crippen molar-refractivity contribution in [1.82, 2.24) is 19.6 Å². The summed E-state index contributed by atoms with van der Waals surface area (Å²) >= 11 is 0. The van der Waals surface area contributed by atoms with Gasteiger partial charge in [-0.1, -0.05) is 26.0 Å². The Bertz CT molecular complexity index is 1120. The lowest BCUT2D eigenvalue weighted by Crippen LogP contribution is -2.37. The normalized spacial score (nSPS) is 12.2. The van der Waals surface area contributed by atoms with Crippen LogP contribution in [0.25, 0.3) is 5.65 Å². The van der Waals surface area contributed by atoms with Crippen LogP contribution >= 0.6 is 0 Å². The fourth-order valence-electron chi connectivity index (χ4n) is 3.79. The third kappa shape index (κ3) is 5.00. The molecule has 0 aliphatic rings. The molecule has 0 saturated heterocycles. The Morgan fingerprint density at radius 1 is 1.16 bits per heavy atom. The van der Waals surface area contributed by atoms with Crippen molar-refractivity contribution in [3.63, 3.8) is 0 Å². The van der Waals surface area contributed by atoms with Gasteiger partial charge in [-0.05, 0) is 55.6 Å². The van der Waals surface area contributed by atoms with Crippen LogP contribution in [-0.2, 0) is 6.61 Å². The number of aromatic nitrogens is 2. The second kappa shape index (κ2) is 10.2. The molecule has 166 valence electrons. The minimum Gasteiger partial charge on any atom is -0.487 e. The fraction of sp³-hybridized carbons (Fsp3) is 0.280. The number of carbonyl (C=O) groups excluding carboxylic acids is 1. The average molecular weight is 433 g/mol. The predicted octanol–water partition coefficient (Wildman–Crippen LogP) is 4.32. The van der Waals surface area contributed by atoms with Gasteiger partial charge in [-0.25, -0.2) is 4.98 Å². The number of pyridine rings is 1. The van der Waals surface area contributed by atoms with E-state index in [-0.39, 0.29) is 11.9 Å². The number of benzene rings is 1. The Labute approximate surface area is 187 Å². The Balaban J connectivity index is 1.39. The maximum absolute atomic E-state index is 12.8. The molecule has 0 fully saturated rings. The Morgan fingerprint density at radius 2 is 2.03 bits per heavy atom. The standard InChI is InChI=1S/C25H28N4O3/c1-3-28(4-2)22(23-11-8-14-31-23)16-26-25(30)19-9-7-10-21(15-19)32-18-20-17-29-13-6-5-12-24(29)27-20/h5-15,17,22H,3-4,16,18H2,1-2H3,(H,26,30). The molecule has 4 rings (SSSR count). The first kappa shape index (κ1) is 21.6. The highest BCUT2D eigenvalue weighted by molar-refractivity contribution is 5.94. The average Bonchev–Trinajstić information content (AvgIpc) is 3.50. The van der Waals surface area contributed by atoms with Crippen molar-refractivity contribution in [3.8, 4) is 5.75 Å². The number of hydrogen-bond acceptors (Lipinski definition) is 5. The molecule has 0 radical (unpaired) electrons. The van der Waals surface area contributed by atoms with Gasteiger partial charge in [0.05, 0.1) is 18.0 Å². The highest BCUT2D eigenvalue weighted by Gasteiger charge is 2.21. The van der Waals surface area contributed by atoms with E-state index in [4.69, 9.17) is 9.15 Å². The van der Waals surface area contributed by atoms with Crippen LogP contribution in [0.3, 0.4) is 0 Å². The molecule has 0 aliphatic heterocycles. The highest BCUT2D eigenvalue weighted by Crippen LogP contribution is 2.21. The SMILES string of the molecule is CCN(CC)C(CNC(=O)c1cccc(OCc2cn3ccccc3n2)c1)c1ccco1. The van der Waals surface area contributed by atoms with Crippen molar-refractivity contribution in [2.24, 2.45) is 0 Å². The summed E-state index contributed by atoms with van der Waals surface area (Å²) in [7, 11) is 0. The fourth-order valence-corrected chi connectivity index (χ4v) is 3.79. The quantitative estimate of drug-likeness (QED) is 0.404. The molecule has 1 amide bonds. The van der Waals surface area contributed by atoms with E-state index >= 15 is 0 Å². The van der Waals surface area contributed by atoms with Crippen molar-refractivity contribution < 1.29 is 13.9 Å². The number of imidazole rings is 1. The van der Waals surface area contributed by atoms with E-state index < -0.39 is 0 Å². The van der Waals surface area contributed by atoms with Gasteiger partial charge in [0.2, 0.25) is 0 Å². The van der Waals surface area contributed by atoms with Crippen molar-refractivity contribution in [2.75, 3.05) is 19.6 Å². The number of furan rings is 1. The number of amides is 1. The first-order valence-corrected chi connectivity index (χ1v) is 10.9. The number of hydrogen-bond donors (Lipinski definition) is 1. The summed E-state index contributed by atoms with van der Waals surface area (Å²) in [4.78, 5) is 19.6. The van der Waals surface area contributed by atoms with E-state index in [0.29, 0.717) is 24.5 Å². The zero-order valence-electron chi connectivity index (χ0n) is 18.4. The number of carbonyl (C=O) groups is 1. The summed E-state index contributed by atoms with van der Waals surface area (Å²) in [6.45, 7) is 6.72. The molecular weight excluding hydrogens is 404 g/mol. The van der Waals surface area contributed by atoms with Crippen molar-refractivity contribution in [3.05, 3.63) is 90.3 Å². The van der Waals surface area contributed by atoms with Crippen LogP contribution in [0.15, 0.2) is 77.7 Å². The molecule has 0 aliphatic carbocycles. The summed E-state index contributed by atoms with van der Waals surface area (Å²) in [5.41, 5.74) is 2.25. The molecule has 0 saturated carbocycles. The monoisotopic (exact) mass is 432 g/mol. The zero-order valence-corrected chi connectivity index (χ0v) is 18.4. The molecule has 1 aromatic carbocycles. The van der Waals surface area contributed by atoms with Gasteiger partial charge < -0.3 is 18.9 Å². The van der Waals surface area contributed by atoms with Crippen LogP contribution in [0.1, 0.15) is 41.7 Å². The lowest BCUT2D eigenvalue weighted by Gasteiger charge is -2.28. The molecule has 4 aromatic rings. The molecule has 7 heteroatoms. The smallest absolute Gasteiger partial charge is 0.251 e. The molecular formula is C25H28N4O3. The summed E-state index contributed by atoms with van der Waals surface area (Å²) in [5.74, 6) is 1.33. The van der Waals surface area contributed by atoms with Crippen LogP contribution in [0.5, 0.6) is 5.75 Å². The van der Waals surface area contributed by atoms with Gasteiger partial charge in [-0.2, -0.15) is 0 Å². The Kier molecular flexibility index (Phi) is 6.87. The lowest BCUT2D eigenvalue weighted by molar-refractivity contribution is 0.0929.